The first-order chi connectivity index (χ1) is 11.4. The number of aliphatic carboxylic acids is 1. The molecule has 4 nitrogen and oxygen atoms in total. The molecule has 7 heteroatoms. The Labute approximate surface area is 151 Å². The number of hydrogen-bond donors (Lipinski definition) is 2. The molecule has 1 aromatic heterocycles. The molecule has 0 radical (unpaired) electrons. The Morgan fingerprint density at radius 2 is 1.79 bits per heavy atom. The Kier molecular flexibility index (Phi) is 4.76. The molecular formula is C17H11Cl2NO3S. The summed E-state index contributed by atoms with van der Waals surface area (Å²) in [5.74, 6) is -1.22. The van der Waals surface area contributed by atoms with Crippen LogP contribution in [0.1, 0.15) is 15.2 Å². The summed E-state index contributed by atoms with van der Waals surface area (Å²) >= 11 is 13.5. The lowest BCUT2D eigenvalue weighted by molar-refractivity contribution is -0.136. The maximum atomic E-state index is 12.4. The Morgan fingerprint density at radius 1 is 1.08 bits per heavy atom. The van der Waals surface area contributed by atoms with Crippen molar-refractivity contribution in [3.8, 4) is 0 Å². The lowest BCUT2D eigenvalue weighted by Crippen LogP contribution is -2.10. The fourth-order valence-corrected chi connectivity index (χ4v) is 3.94. The van der Waals surface area contributed by atoms with Gasteiger partial charge in [-0.15, -0.1) is 11.3 Å². The topological polar surface area (TPSA) is 66.4 Å². The smallest absolute Gasteiger partial charge is 0.307 e. The van der Waals surface area contributed by atoms with Gasteiger partial charge in [-0.05, 0) is 29.8 Å². The van der Waals surface area contributed by atoms with Gasteiger partial charge in [-0.2, -0.15) is 0 Å². The summed E-state index contributed by atoms with van der Waals surface area (Å²) in [4.78, 5) is 23.5. The summed E-state index contributed by atoms with van der Waals surface area (Å²) in [6, 6.07) is 11.9. The minimum absolute atomic E-state index is 0.0584. The summed E-state index contributed by atoms with van der Waals surface area (Å²) in [6.45, 7) is 0. The SMILES string of the molecule is O=C(O)Cc1ccc(NC(=O)c2sc3cc(Cl)ccc3c2Cl)cc1. The molecule has 122 valence electrons. The van der Waals surface area contributed by atoms with E-state index in [1.807, 2.05) is 0 Å². The van der Waals surface area contributed by atoms with Gasteiger partial charge in [0.05, 0.1) is 11.4 Å². The van der Waals surface area contributed by atoms with Crippen LogP contribution >= 0.6 is 34.5 Å². The van der Waals surface area contributed by atoms with Crippen LogP contribution < -0.4 is 5.32 Å². The number of carbonyl (C=O) groups is 2. The Hall–Kier alpha value is -2.08. The van der Waals surface area contributed by atoms with Gasteiger partial charge in [-0.3, -0.25) is 9.59 Å². The second-order valence-corrected chi connectivity index (χ2v) is 6.97. The lowest BCUT2D eigenvalue weighted by atomic mass is 10.1. The Balaban J connectivity index is 1.82. The van der Waals surface area contributed by atoms with Gasteiger partial charge in [-0.25, -0.2) is 0 Å². The predicted molar refractivity (Wildman–Crippen MR) is 97.6 cm³/mol. The van der Waals surface area contributed by atoms with Crippen molar-refractivity contribution >= 4 is 62.2 Å². The molecule has 0 atom stereocenters. The van der Waals surface area contributed by atoms with Crippen molar-refractivity contribution in [2.24, 2.45) is 0 Å². The number of thiophene rings is 1. The van der Waals surface area contributed by atoms with E-state index in [-0.39, 0.29) is 12.3 Å². The van der Waals surface area contributed by atoms with Crippen molar-refractivity contribution in [1.82, 2.24) is 0 Å². The molecule has 2 N–H and O–H groups in total. The van der Waals surface area contributed by atoms with Crippen molar-refractivity contribution in [2.45, 2.75) is 6.42 Å². The van der Waals surface area contributed by atoms with Gasteiger partial charge < -0.3 is 10.4 Å². The molecular weight excluding hydrogens is 369 g/mol. The molecule has 3 aromatic rings. The number of halogens is 2. The lowest BCUT2D eigenvalue weighted by Gasteiger charge is -2.05. The third-order valence-electron chi connectivity index (χ3n) is 3.36. The van der Waals surface area contributed by atoms with E-state index in [1.165, 1.54) is 11.3 Å². The molecule has 0 saturated carbocycles. The highest BCUT2D eigenvalue weighted by molar-refractivity contribution is 7.21. The van der Waals surface area contributed by atoms with Gasteiger partial charge in [0.1, 0.15) is 4.88 Å². The van der Waals surface area contributed by atoms with Crippen molar-refractivity contribution < 1.29 is 14.7 Å². The van der Waals surface area contributed by atoms with Gasteiger partial charge in [-0.1, -0.05) is 41.4 Å². The molecule has 0 unspecified atom stereocenters. The zero-order valence-corrected chi connectivity index (χ0v) is 14.5. The monoisotopic (exact) mass is 379 g/mol. The maximum absolute atomic E-state index is 12.4. The number of benzene rings is 2. The van der Waals surface area contributed by atoms with Gasteiger partial charge in [0, 0.05) is 20.8 Å². The minimum Gasteiger partial charge on any atom is -0.481 e. The highest BCUT2D eigenvalue weighted by atomic mass is 35.5. The molecule has 0 saturated heterocycles. The summed E-state index contributed by atoms with van der Waals surface area (Å²) in [5, 5.41) is 13.3. The van der Waals surface area contributed by atoms with Crippen LogP contribution in [0.15, 0.2) is 42.5 Å². The van der Waals surface area contributed by atoms with Crippen molar-refractivity contribution in [3.63, 3.8) is 0 Å². The third-order valence-corrected chi connectivity index (χ3v) is 5.26. The van der Waals surface area contributed by atoms with Gasteiger partial charge in [0.2, 0.25) is 0 Å². The van der Waals surface area contributed by atoms with Gasteiger partial charge in [0.15, 0.2) is 0 Å². The van der Waals surface area contributed by atoms with E-state index < -0.39 is 5.97 Å². The third kappa shape index (κ3) is 3.53. The Bertz CT molecular complexity index is 935. The van der Waals surface area contributed by atoms with Gasteiger partial charge >= 0.3 is 5.97 Å². The number of nitrogens with one attached hydrogen (secondary N) is 1. The molecule has 0 aliphatic carbocycles. The molecule has 3 rings (SSSR count). The fourth-order valence-electron chi connectivity index (χ4n) is 2.25. The largest absolute Gasteiger partial charge is 0.481 e. The number of amides is 1. The van der Waals surface area contributed by atoms with E-state index in [0.717, 1.165) is 10.1 Å². The summed E-state index contributed by atoms with van der Waals surface area (Å²) in [5.41, 5.74) is 1.23. The quantitative estimate of drug-likeness (QED) is 0.663. The van der Waals surface area contributed by atoms with Crippen LogP contribution in [-0.4, -0.2) is 17.0 Å². The number of anilines is 1. The van der Waals surface area contributed by atoms with E-state index in [1.54, 1.807) is 42.5 Å². The van der Waals surface area contributed by atoms with Crippen molar-refractivity contribution in [3.05, 3.63) is 63.0 Å². The Morgan fingerprint density at radius 3 is 2.46 bits per heavy atom. The number of fused-ring (bicyclic) bond motifs is 1. The standard InChI is InChI=1S/C17H11Cl2NO3S/c18-10-3-6-12-13(8-10)24-16(15(12)19)17(23)20-11-4-1-9(2-5-11)7-14(21)22/h1-6,8H,7H2,(H,20,23)(H,21,22). The summed E-state index contributed by atoms with van der Waals surface area (Å²) in [6.07, 6.45) is -0.0584. The number of carboxylic acids is 1. The first kappa shape index (κ1) is 16.8. The maximum Gasteiger partial charge on any atom is 0.307 e. The minimum atomic E-state index is -0.900. The molecule has 0 aliphatic rings. The van der Waals surface area contributed by atoms with Crippen LogP contribution in [0.5, 0.6) is 0 Å². The van der Waals surface area contributed by atoms with Crippen LogP contribution in [0.25, 0.3) is 10.1 Å². The zero-order chi connectivity index (χ0) is 17.3. The molecule has 0 aliphatic heterocycles. The summed E-state index contributed by atoms with van der Waals surface area (Å²) in [7, 11) is 0. The van der Waals surface area contributed by atoms with E-state index in [2.05, 4.69) is 5.32 Å². The van der Waals surface area contributed by atoms with Crippen LogP contribution in [-0.2, 0) is 11.2 Å². The molecule has 0 bridgehead atoms. The second kappa shape index (κ2) is 6.81. The second-order valence-electron chi connectivity index (χ2n) is 5.11. The van der Waals surface area contributed by atoms with E-state index in [9.17, 15) is 9.59 Å². The average Bonchev–Trinajstić information content (AvgIpc) is 2.85. The van der Waals surface area contributed by atoms with E-state index in [4.69, 9.17) is 28.3 Å². The number of hydrogen-bond acceptors (Lipinski definition) is 3. The highest BCUT2D eigenvalue weighted by Crippen LogP contribution is 2.37. The van der Waals surface area contributed by atoms with Crippen LogP contribution in [0, 0.1) is 0 Å². The average molecular weight is 380 g/mol. The molecule has 1 heterocycles. The molecule has 24 heavy (non-hydrogen) atoms. The van der Waals surface area contributed by atoms with Crippen LogP contribution in [0.3, 0.4) is 0 Å². The van der Waals surface area contributed by atoms with E-state index in [0.29, 0.717) is 26.2 Å². The zero-order valence-electron chi connectivity index (χ0n) is 12.2. The van der Waals surface area contributed by atoms with Crippen LogP contribution in [0.4, 0.5) is 5.69 Å². The van der Waals surface area contributed by atoms with Crippen molar-refractivity contribution in [2.75, 3.05) is 5.32 Å². The van der Waals surface area contributed by atoms with Crippen LogP contribution in [0.2, 0.25) is 10.0 Å². The fraction of sp³-hybridized carbons (Fsp3) is 0.0588. The number of carbonyl (C=O) groups excluding carboxylic acids is 1. The first-order valence-corrected chi connectivity index (χ1v) is 8.51. The molecule has 2 aromatic carbocycles. The molecule has 0 fully saturated rings. The van der Waals surface area contributed by atoms with Gasteiger partial charge in [0.25, 0.3) is 5.91 Å². The molecule has 1 amide bonds. The predicted octanol–water partition coefficient (Wildman–Crippen LogP) is 5.09. The number of rotatable bonds is 4. The first-order valence-electron chi connectivity index (χ1n) is 6.93. The van der Waals surface area contributed by atoms with Crippen molar-refractivity contribution in [1.29, 1.82) is 0 Å². The normalized spacial score (nSPS) is 10.8. The van der Waals surface area contributed by atoms with E-state index >= 15 is 0 Å². The number of carboxylic acid groups (broad SMARTS) is 1. The molecule has 0 spiro atoms. The highest BCUT2D eigenvalue weighted by Gasteiger charge is 2.17. The summed E-state index contributed by atoms with van der Waals surface area (Å²) < 4.78 is 0.842.